The first-order valence-electron chi connectivity index (χ1n) is 7.44. The molecule has 0 amide bonds. The Bertz CT molecular complexity index is 873. The third-order valence-electron chi connectivity index (χ3n) is 3.56. The number of benzene rings is 2. The lowest BCUT2D eigenvalue weighted by molar-refractivity contribution is 0.610. The fraction of sp³-hybridized carbons (Fsp3) is 0.167. The lowest BCUT2D eigenvalue weighted by Gasteiger charge is -2.06. The molecule has 4 nitrogen and oxygen atoms in total. The molecule has 0 saturated heterocycles. The Balaban J connectivity index is 2.06. The number of para-hydroxylation sites is 1. The summed E-state index contributed by atoms with van der Waals surface area (Å²) in [5.74, 6) is 0.880. The molecule has 0 N–H and O–H groups in total. The van der Waals surface area contributed by atoms with E-state index in [2.05, 4.69) is 23.3 Å². The molecule has 0 unspecified atom stereocenters. The van der Waals surface area contributed by atoms with Crippen LogP contribution in [0.5, 0.6) is 0 Å². The average Bonchev–Trinajstić information content (AvgIpc) is 2.90. The van der Waals surface area contributed by atoms with E-state index in [4.69, 9.17) is 17.5 Å². The first-order valence-corrected chi connectivity index (χ1v) is 7.85. The average molecular weight is 320 g/mol. The maximum absolute atomic E-state index is 8.81. The molecular weight excluding hydrogens is 304 g/mol. The molecule has 3 aromatic rings. The monoisotopic (exact) mass is 320 g/mol. The Morgan fingerprint density at radius 1 is 1.00 bits per heavy atom. The molecular formula is C18H16N4S. The van der Waals surface area contributed by atoms with Crippen molar-refractivity contribution in [2.75, 3.05) is 0 Å². The highest BCUT2D eigenvalue weighted by Gasteiger charge is 2.12. The molecule has 1 aromatic heterocycles. The zero-order chi connectivity index (χ0) is 16.1. The van der Waals surface area contributed by atoms with Crippen LogP contribution in [0.1, 0.15) is 17.8 Å². The van der Waals surface area contributed by atoms with Crippen LogP contribution in [0.4, 0.5) is 0 Å². The van der Waals surface area contributed by atoms with Crippen LogP contribution in [0.3, 0.4) is 0 Å². The number of hydrogen-bond donors (Lipinski definition) is 0. The van der Waals surface area contributed by atoms with Crippen LogP contribution in [0, 0.1) is 16.1 Å². The minimum atomic E-state index is 0.394. The third kappa shape index (κ3) is 3.38. The molecule has 23 heavy (non-hydrogen) atoms. The van der Waals surface area contributed by atoms with Crippen LogP contribution in [0.15, 0.2) is 60.7 Å². The lowest BCUT2D eigenvalue weighted by atomic mass is 10.1. The van der Waals surface area contributed by atoms with Gasteiger partial charge in [-0.3, -0.25) is 4.57 Å². The number of nitriles is 1. The van der Waals surface area contributed by atoms with Crippen molar-refractivity contribution in [3.8, 4) is 11.8 Å². The topological polar surface area (TPSA) is 46.5 Å². The quantitative estimate of drug-likeness (QED) is 0.670. The Hall–Kier alpha value is -2.71. The standard InChI is InChI=1S/C18H16N4S/c19-12-7-13-21-18(23)22(16-10-5-2-6-11-16)17(20-21)14-15-8-3-1-4-9-15/h1-6,8-11H,7,13-14H2. The van der Waals surface area contributed by atoms with Crippen molar-refractivity contribution in [2.45, 2.75) is 19.4 Å². The van der Waals surface area contributed by atoms with Crippen LogP contribution < -0.4 is 0 Å². The second kappa shape index (κ2) is 7.03. The van der Waals surface area contributed by atoms with Gasteiger partial charge in [-0.25, -0.2) is 4.68 Å². The predicted molar refractivity (Wildman–Crippen MR) is 91.9 cm³/mol. The van der Waals surface area contributed by atoms with E-state index in [1.54, 1.807) is 4.68 Å². The van der Waals surface area contributed by atoms with E-state index in [1.807, 2.05) is 53.1 Å². The van der Waals surface area contributed by atoms with Gasteiger partial charge < -0.3 is 0 Å². The van der Waals surface area contributed by atoms with Crippen molar-refractivity contribution in [2.24, 2.45) is 0 Å². The fourth-order valence-electron chi connectivity index (χ4n) is 2.48. The molecule has 0 saturated carbocycles. The van der Waals surface area contributed by atoms with Crippen molar-refractivity contribution in [1.29, 1.82) is 5.26 Å². The van der Waals surface area contributed by atoms with Crippen molar-refractivity contribution >= 4 is 12.2 Å². The number of aryl methyl sites for hydroxylation is 1. The van der Waals surface area contributed by atoms with Gasteiger partial charge in [0.25, 0.3) is 0 Å². The summed E-state index contributed by atoms with van der Waals surface area (Å²) in [6.45, 7) is 0.511. The molecule has 1 heterocycles. The van der Waals surface area contributed by atoms with Gasteiger partial charge in [0.15, 0.2) is 0 Å². The molecule has 0 aliphatic heterocycles. The molecule has 0 aliphatic rings. The van der Waals surface area contributed by atoms with Crippen molar-refractivity contribution in [1.82, 2.24) is 14.3 Å². The minimum Gasteiger partial charge on any atom is -0.272 e. The maximum Gasteiger partial charge on any atom is 0.202 e. The van der Waals surface area contributed by atoms with Gasteiger partial charge in [0, 0.05) is 12.1 Å². The van der Waals surface area contributed by atoms with Gasteiger partial charge in [0.1, 0.15) is 5.82 Å². The SMILES string of the molecule is N#CCCn1nc(Cc2ccccc2)n(-c2ccccc2)c1=S. The van der Waals surface area contributed by atoms with Crippen molar-refractivity contribution < 1.29 is 0 Å². The van der Waals surface area contributed by atoms with E-state index >= 15 is 0 Å². The van der Waals surface area contributed by atoms with Gasteiger partial charge >= 0.3 is 0 Å². The van der Waals surface area contributed by atoms with Crippen LogP contribution in [0.2, 0.25) is 0 Å². The lowest BCUT2D eigenvalue weighted by Crippen LogP contribution is -2.02. The van der Waals surface area contributed by atoms with Gasteiger partial charge in [-0.1, -0.05) is 48.5 Å². The van der Waals surface area contributed by atoms with Gasteiger partial charge in [0.2, 0.25) is 4.77 Å². The van der Waals surface area contributed by atoms with Crippen LogP contribution in [-0.2, 0) is 13.0 Å². The predicted octanol–water partition coefficient (Wildman–Crippen LogP) is 3.91. The smallest absolute Gasteiger partial charge is 0.202 e. The maximum atomic E-state index is 8.81. The molecule has 0 bridgehead atoms. The third-order valence-corrected chi connectivity index (χ3v) is 3.95. The number of hydrogen-bond acceptors (Lipinski definition) is 3. The van der Waals surface area contributed by atoms with Crippen LogP contribution >= 0.6 is 12.2 Å². The second-order valence-corrected chi connectivity index (χ2v) is 5.53. The van der Waals surface area contributed by atoms with Crippen molar-refractivity contribution in [3.05, 3.63) is 76.8 Å². The Morgan fingerprint density at radius 2 is 1.65 bits per heavy atom. The largest absolute Gasteiger partial charge is 0.272 e. The van der Waals surface area contributed by atoms with Gasteiger partial charge in [-0.15, -0.1) is 0 Å². The minimum absolute atomic E-state index is 0.394. The highest BCUT2D eigenvalue weighted by atomic mass is 32.1. The molecule has 0 radical (unpaired) electrons. The van der Waals surface area contributed by atoms with E-state index in [0.29, 0.717) is 24.2 Å². The molecule has 0 fully saturated rings. The summed E-state index contributed by atoms with van der Waals surface area (Å²) in [7, 11) is 0. The highest BCUT2D eigenvalue weighted by Crippen LogP contribution is 2.16. The van der Waals surface area contributed by atoms with E-state index in [0.717, 1.165) is 11.5 Å². The second-order valence-electron chi connectivity index (χ2n) is 5.16. The molecule has 0 spiro atoms. The van der Waals surface area contributed by atoms with Gasteiger partial charge in [-0.2, -0.15) is 10.4 Å². The highest BCUT2D eigenvalue weighted by molar-refractivity contribution is 7.71. The van der Waals surface area contributed by atoms with E-state index in [1.165, 1.54) is 5.56 Å². The van der Waals surface area contributed by atoms with Gasteiger partial charge in [-0.05, 0) is 29.9 Å². The normalized spacial score (nSPS) is 10.4. The molecule has 0 aliphatic carbocycles. The number of rotatable bonds is 5. The molecule has 5 heteroatoms. The Morgan fingerprint density at radius 3 is 2.30 bits per heavy atom. The Labute approximate surface area is 140 Å². The summed E-state index contributed by atoms with van der Waals surface area (Å²) in [5, 5.41) is 13.5. The first-order chi connectivity index (χ1) is 11.3. The number of aromatic nitrogens is 3. The van der Waals surface area contributed by atoms with Gasteiger partial charge in [0.05, 0.1) is 19.0 Å². The van der Waals surface area contributed by atoms with E-state index < -0.39 is 0 Å². The van der Waals surface area contributed by atoms with Crippen LogP contribution in [-0.4, -0.2) is 14.3 Å². The summed E-state index contributed by atoms with van der Waals surface area (Å²) in [6, 6.07) is 22.3. The molecule has 0 atom stereocenters. The zero-order valence-electron chi connectivity index (χ0n) is 12.6. The summed E-state index contributed by atoms with van der Waals surface area (Å²) < 4.78 is 4.35. The summed E-state index contributed by atoms with van der Waals surface area (Å²) in [6.07, 6.45) is 1.09. The summed E-state index contributed by atoms with van der Waals surface area (Å²) in [5.41, 5.74) is 2.17. The fourth-order valence-corrected chi connectivity index (χ4v) is 2.83. The van der Waals surface area contributed by atoms with Crippen molar-refractivity contribution in [3.63, 3.8) is 0 Å². The molecule has 3 rings (SSSR count). The summed E-state index contributed by atoms with van der Waals surface area (Å²) in [4.78, 5) is 0. The molecule has 2 aromatic carbocycles. The van der Waals surface area contributed by atoms with E-state index in [-0.39, 0.29) is 0 Å². The van der Waals surface area contributed by atoms with E-state index in [9.17, 15) is 0 Å². The molecule has 114 valence electrons. The number of nitrogens with zero attached hydrogens (tertiary/aromatic N) is 4. The Kier molecular flexibility index (Phi) is 4.65. The zero-order valence-corrected chi connectivity index (χ0v) is 13.4. The summed E-state index contributed by atoms with van der Waals surface area (Å²) >= 11 is 5.58. The van der Waals surface area contributed by atoms with Crippen LogP contribution in [0.25, 0.3) is 5.69 Å². The first kappa shape index (κ1) is 15.2.